The molecule has 5 nitrogen and oxygen atoms in total. The average Bonchev–Trinajstić information content (AvgIpc) is 3.08. The number of fused-ring (bicyclic) bond motifs is 1. The summed E-state index contributed by atoms with van der Waals surface area (Å²) in [4.78, 5) is 12.4. The average molecular weight is 268 g/mol. The third-order valence-corrected chi connectivity index (χ3v) is 3.38. The van der Waals surface area contributed by atoms with Crippen molar-refractivity contribution < 1.29 is 4.79 Å². The van der Waals surface area contributed by atoms with Gasteiger partial charge in [0.05, 0.1) is 11.9 Å². The lowest BCUT2D eigenvalue weighted by atomic mass is 10.1. The molecule has 5 heteroatoms. The van der Waals surface area contributed by atoms with Gasteiger partial charge in [-0.25, -0.2) is 0 Å². The molecule has 0 aliphatic heterocycles. The van der Waals surface area contributed by atoms with Crippen molar-refractivity contribution in [2.24, 2.45) is 5.73 Å². The van der Waals surface area contributed by atoms with Gasteiger partial charge in [-0.15, -0.1) is 0 Å². The lowest BCUT2D eigenvalue weighted by molar-refractivity contribution is 0.0918. The van der Waals surface area contributed by atoms with Gasteiger partial charge >= 0.3 is 0 Å². The first-order chi connectivity index (χ1) is 9.79. The van der Waals surface area contributed by atoms with Crippen LogP contribution in [0.25, 0.3) is 10.9 Å². The fourth-order valence-electron chi connectivity index (χ4n) is 2.44. The molecule has 2 heterocycles. The number of benzene rings is 1. The van der Waals surface area contributed by atoms with E-state index in [1.165, 1.54) is 0 Å². The van der Waals surface area contributed by atoms with E-state index in [4.69, 9.17) is 5.73 Å². The van der Waals surface area contributed by atoms with Crippen LogP contribution in [-0.2, 0) is 12.8 Å². The number of hydrogen-bond donors (Lipinski definition) is 2. The van der Waals surface area contributed by atoms with Gasteiger partial charge in [-0.3, -0.25) is 14.5 Å². The van der Waals surface area contributed by atoms with Crippen LogP contribution < -0.4 is 5.73 Å². The number of para-hydroxylation sites is 1. The van der Waals surface area contributed by atoms with Crippen molar-refractivity contribution in [2.45, 2.75) is 12.8 Å². The van der Waals surface area contributed by atoms with Crippen LogP contribution in [0.15, 0.2) is 42.7 Å². The minimum absolute atomic E-state index is 0.0220. The number of carbonyl (C=O) groups excluding carboxylic acids is 1. The van der Waals surface area contributed by atoms with Gasteiger partial charge in [0.1, 0.15) is 0 Å². The highest BCUT2D eigenvalue weighted by Crippen LogP contribution is 2.22. The number of carbonyl (C=O) groups is 1. The number of nitrogens with one attached hydrogen (secondary N) is 1. The zero-order valence-corrected chi connectivity index (χ0v) is 11.0. The molecular weight excluding hydrogens is 252 g/mol. The lowest BCUT2D eigenvalue weighted by Crippen LogP contribution is -2.12. The summed E-state index contributed by atoms with van der Waals surface area (Å²) in [5.74, 6) is 0.0220. The summed E-state index contributed by atoms with van der Waals surface area (Å²) >= 11 is 0. The zero-order chi connectivity index (χ0) is 13.9. The number of nitrogens with zero attached hydrogens (tertiary/aromatic N) is 2. The molecule has 0 unspecified atom stereocenters. The van der Waals surface area contributed by atoms with Gasteiger partial charge in [-0.2, -0.15) is 5.10 Å². The molecule has 2 aromatic heterocycles. The molecule has 0 spiro atoms. The standard InChI is InChI=1S/C15H16N4O/c16-7-5-11-10-19(14-4-2-1-3-13(11)14)15(20)9-12-6-8-17-18-12/h1-4,6,8,10H,5,7,9,16H2,(H,17,18). The third-order valence-electron chi connectivity index (χ3n) is 3.38. The minimum atomic E-state index is 0.0220. The molecule has 102 valence electrons. The molecule has 3 rings (SSSR count). The maximum atomic E-state index is 12.4. The Balaban J connectivity index is 2.00. The smallest absolute Gasteiger partial charge is 0.237 e. The maximum absolute atomic E-state index is 12.4. The topological polar surface area (TPSA) is 76.7 Å². The molecule has 0 aliphatic rings. The third kappa shape index (κ3) is 2.23. The number of aromatic amines is 1. The molecule has 3 aromatic rings. The van der Waals surface area contributed by atoms with E-state index in [0.717, 1.165) is 28.6 Å². The largest absolute Gasteiger partial charge is 0.330 e. The van der Waals surface area contributed by atoms with Crippen LogP contribution in [0.4, 0.5) is 0 Å². The summed E-state index contributed by atoms with van der Waals surface area (Å²) in [6.45, 7) is 0.572. The quantitative estimate of drug-likeness (QED) is 0.756. The van der Waals surface area contributed by atoms with Crippen molar-refractivity contribution in [1.82, 2.24) is 14.8 Å². The van der Waals surface area contributed by atoms with Gasteiger partial charge in [-0.1, -0.05) is 18.2 Å². The van der Waals surface area contributed by atoms with Crippen LogP contribution in [0.5, 0.6) is 0 Å². The second-order valence-corrected chi connectivity index (χ2v) is 4.73. The van der Waals surface area contributed by atoms with Crippen molar-refractivity contribution in [3.05, 3.63) is 54.0 Å². The van der Waals surface area contributed by atoms with Crippen molar-refractivity contribution in [2.75, 3.05) is 6.54 Å². The minimum Gasteiger partial charge on any atom is -0.330 e. The Morgan fingerprint density at radius 3 is 2.90 bits per heavy atom. The number of H-pyrrole nitrogens is 1. The van der Waals surface area contributed by atoms with Crippen molar-refractivity contribution in [3.63, 3.8) is 0 Å². The van der Waals surface area contributed by atoms with Gasteiger partial charge in [0.15, 0.2) is 0 Å². The Kier molecular flexibility index (Phi) is 3.35. The molecule has 0 radical (unpaired) electrons. The normalized spacial score (nSPS) is 11.1. The maximum Gasteiger partial charge on any atom is 0.237 e. The van der Waals surface area contributed by atoms with Crippen molar-refractivity contribution >= 4 is 16.8 Å². The predicted molar refractivity (Wildman–Crippen MR) is 77.6 cm³/mol. The van der Waals surface area contributed by atoms with Crippen LogP contribution in [0.3, 0.4) is 0 Å². The summed E-state index contributed by atoms with van der Waals surface area (Å²) in [6.07, 6.45) is 4.62. The van der Waals surface area contributed by atoms with Crippen LogP contribution in [0.1, 0.15) is 16.1 Å². The first-order valence-electron chi connectivity index (χ1n) is 6.60. The molecule has 0 fully saturated rings. The molecule has 1 aromatic carbocycles. The fourth-order valence-corrected chi connectivity index (χ4v) is 2.44. The Morgan fingerprint density at radius 1 is 1.30 bits per heavy atom. The van der Waals surface area contributed by atoms with E-state index in [2.05, 4.69) is 10.2 Å². The Hall–Kier alpha value is -2.40. The molecule has 0 aliphatic carbocycles. The van der Waals surface area contributed by atoms with E-state index in [1.54, 1.807) is 10.8 Å². The highest BCUT2D eigenvalue weighted by molar-refractivity contribution is 5.95. The summed E-state index contributed by atoms with van der Waals surface area (Å²) in [7, 11) is 0. The zero-order valence-electron chi connectivity index (χ0n) is 11.0. The first-order valence-corrected chi connectivity index (χ1v) is 6.60. The number of nitrogens with two attached hydrogens (primary N) is 1. The fraction of sp³-hybridized carbons (Fsp3) is 0.200. The highest BCUT2D eigenvalue weighted by Gasteiger charge is 2.13. The molecule has 0 saturated heterocycles. The van der Waals surface area contributed by atoms with Crippen LogP contribution >= 0.6 is 0 Å². The second-order valence-electron chi connectivity index (χ2n) is 4.73. The summed E-state index contributed by atoms with van der Waals surface area (Å²) in [5.41, 5.74) is 8.50. The van der Waals surface area contributed by atoms with Gasteiger partial charge < -0.3 is 5.73 Å². The SMILES string of the molecule is NCCc1cn(C(=O)Cc2ccn[nH]2)c2ccccc12. The van der Waals surface area contributed by atoms with Gasteiger partial charge in [0.25, 0.3) is 0 Å². The van der Waals surface area contributed by atoms with E-state index < -0.39 is 0 Å². The molecular formula is C15H16N4O. The Labute approximate surface area is 116 Å². The lowest BCUT2D eigenvalue weighted by Gasteiger charge is -2.02. The van der Waals surface area contributed by atoms with Crippen LogP contribution in [0.2, 0.25) is 0 Å². The van der Waals surface area contributed by atoms with Gasteiger partial charge in [0.2, 0.25) is 5.91 Å². The van der Waals surface area contributed by atoms with E-state index in [9.17, 15) is 4.79 Å². The molecule has 0 amide bonds. The first kappa shape index (κ1) is 12.6. The molecule has 0 bridgehead atoms. The van der Waals surface area contributed by atoms with Gasteiger partial charge in [0, 0.05) is 23.5 Å². The van der Waals surface area contributed by atoms with Crippen molar-refractivity contribution in [1.29, 1.82) is 0 Å². The molecule has 20 heavy (non-hydrogen) atoms. The van der Waals surface area contributed by atoms with Crippen LogP contribution in [0, 0.1) is 0 Å². The Morgan fingerprint density at radius 2 is 2.15 bits per heavy atom. The molecule has 0 saturated carbocycles. The monoisotopic (exact) mass is 268 g/mol. The second kappa shape index (κ2) is 5.30. The van der Waals surface area contributed by atoms with E-state index in [-0.39, 0.29) is 5.91 Å². The summed E-state index contributed by atoms with van der Waals surface area (Å²) in [5, 5.41) is 7.77. The summed E-state index contributed by atoms with van der Waals surface area (Å²) < 4.78 is 1.71. The number of hydrogen-bond acceptors (Lipinski definition) is 3. The predicted octanol–water partition coefficient (Wildman–Crippen LogP) is 1.75. The highest BCUT2D eigenvalue weighted by atomic mass is 16.2. The van der Waals surface area contributed by atoms with Crippen molar-refractivity contribution in [3.8, 4) is 0 Å². The number of rotatable bonds is 4. The Bertz CT molecular complexity index is 728. The molecule has 0 atom stereocenters. The molecule has 3 N–H and O–H groups in total. The van der Waals surface area contributed by atoms with E-state index >= 15 is 0 Å². The van der Waals surface area contributed by atoms with E-state index in [0.29, 0.717) is 13.0 Å². The van der Waals surface area contributed by atoms with E-state index in [1.807, 2.05) is 36.5 Å². The summed E-state index contributed by atoms with van der Waals surface area (Å²) in [6, 6.07) is 9.71. The number of aromatic nitrogens is 3. The van der Waals surface area contributed by atoms with Gasteiger partial charge in [-0.05, 0) is 30.7 Å². The van der Waals surface area contributed by atoms with Crippen LogP contribution in [-0.4, -0.2) is 27.2 Å².